The standard InChI is InChI=1S/C25H27N3O2S/c1-18-9-11-19(12-10-18)22-26-21(17-31-22)23(29)27-13-15-28(16-14-27)24(30)25(2,3)20-7-5-4-6-8-20/h4-12,17H,13-16H2,1-3H3. The molecule has 0 aliphatic carbocycles. The molecule has 1 fully saturated rings. The minimum Gasteiger partial charge on any atom is -0.338 e. The fraction of sp³-hybridized carbons (Fsp3) is 0.320. The molecule has 0 bridgehead atoms. The number of hydrogen-bond donors (Lipinski definition) is 0. The van der Waals surface area contributed by atoms with Crippen LogP contribution in [0, 0.1) is 6.92 Å². The summed E-state index contributed by atoms with van der Waals surface area (Å²) in [6.45, 7) is 8.09. The summed E-state index contributed by atoms with van der Waals surface area (Å²) in [7, 11) is 0. The van der Waals surface area contributed by atoms with E-state index in [1.807, 2.05) is 85.6 Å². The molecule has 5 nitrogen and oxygen atoms in total. The van der Waals surface area contributed by atoms with Gasteiger partial charge in [0.1, 0.15) is 10.7 Å². The molecule has 0 radical (unpaired) electrons. The lowest BCUT2D eigenvalue weighted by Gasteiger charge is -2.38. The van der Waals surface area contributed by atoms with E-state index in [2.05, 4.69) is 4.98 Å². The van der Waals surface area contributed by atoms with Crippen LogP contribution in [0.4, 0.5) is 0 Å². The van der Waals surface area contributed by atoms with Gasteiger partial charge < -0.3 is 9.80 Å². The number of carbonyl (C=O) groups excluding carboxylic acids is 2. The highest BCUT2D eigenvalue weighted by Crippen LogP contribution is 2.27. The zero-order valence-electron chi connectivity index (χ0n) is 18.2. The molecule has 3 aromatic rings. The normalized spacial score (nSPS) is 14.5. The van der Waals surface area contributed by atoms with Crippen molar-refractivity contribution in [2.75, 3.05) is 26.2 Å². The van der Waals surface area contributed by atoms with Gasteiger partial charge in [-0.2, -0.15) is 0 Å². The molecule has 1 saturated heterocycles. The maximum atomic E-state index is 13.2. The Morgan fingerprint density at radius 2 is 1.52 bits per heavy atom. The van der Waals surface area contributed by atoms with E-state index in [1.165, 1.54) is 16.9 Å². The first-order valence-corrected chi connectivity index (χ1v) is 11.4. The van der Waals surface area contributed by atoms with Crippen LogP contribution in [-0.4, -0.2) is 52.8 Å². The predicted molar refractivity (Wildman–Crippen MR) is 124 cm³/mol. The van der Waals surface area contributed by atoms with Crippen LogP contribution in [0.25, 0.3) is 10.6 Å². The third-order valence-corrected chi connectivity index (χ3v) is 6.80. The predicted octanol–water partition coefficient (Wildman–Crippen LogP) is 4.38. The van der Waals surface area contributed by atoms with Gasteiger partial charge in [-0.3, -0.25) is 9.59 Å². The Kier molecular flexibility index (Phi) is 5.92. The maximum absolute atomic E-state index is 13.2. The summed E-state index contributed by atoms with van der Waals surface area (Å²) in [5.74, 6) is 0.0325. The van der Waals surface area contributed by atoms with Crippen LogP contribution in [-0.2, 0) is 10.2 Å². The second-order valence-electron chi connectivity index (χ2n) is 8.48. The average Bonchev–Trinajstić information content (AvgIpc) is 3.29. The summed E-state index contributed by atoms with van der Waals surface area (Å²) < 4.78 is 0. The molecule has 1 aliphatic rings. The quantitative estimate of drug-likeness (QED) is 0.614. The summed E-state index contributed by atoms with van der Waals surface area (Å²) in [4.78, 5) is 34.4. The molecule has 0 spiro atoms. The third kappa shape index (κ3) is 4.39. The van der Waals surface area contributed by atoms with E-state index in [4.69, 9.17) is 0 Å². The van der Waals surface area contributed by atoms with Crippen molar-refractivity contribution in [3.8, 4) is 10.6 Å². The minimum atomic E-state index is -0.592. The number of rotatable bonds is 4. The van der Waals surface area contributed by atoms with E-state index in [0.29, 0.717) is 31.9 Å². The molecule has 2 heterocycles. The van der Waals surface area contributed by atoms with Crippen molar-refractivity contribution in [3.63, 3.8) is 0 Å². The van der Waals surface area contributed by atoms with Gasteiger partial charge in [-0.1, -0.05) is 60.2 Å². The van der Waals surface area contributed by atoms with E-state index >= 15 is 0 Å². The molecule has 4 rings (SSSR count). The van der Waals surface area contributed by atoms with Crippen molar-refractivity contribution in [1.82, 2.24) is 14.8 Å². The molecular weight excluding hydrogens is 406 g/mol. The van der Waals surface area contributed by atoms with Crippen molar-refractivity contribution in [3.05, 3.63) is 76.8 Å². The van der Waals surface area contributed by atoms with Crippen LogP contribution in [0.2, 0.25) is 0 Å². The first-order valence-electron chi connectivity index (χ1n) is 10.5. The van der Waals surface area contributed by atoms with Crippen LogP contribution in [0.15, 0.2) is 60.0 Å². The van der Waals surface area contributed by atoms with Crippen molar-refractivity contribution in [2.45, 2.75) is 26.2 Å². The van der Waals surface area contributed by atoms with Gasteiger partial charge in [-0.25, -0.2) is 4.98 Å². The topological polar surface area (TPSA) is 53.5 Å². The highest BCUT2D eigenvalue weighted by Gasteiger charge is 2.36. The Morgan fingerprint density at radius 1 is 0.903 bits per heavy atom. The van der Waals surface area contributed by atoms with Crippen molar-refractivity contribution < 1.29 is 9.59 Å². The van der Waals surface area contributed by atoms with Gasteiger partial charge >= 0.3 is 0 Å². The van der Waals surface area contributed by atoms with Gasteiger partial charge in [-0.15, -0.1) is 11.3 Å². The van der Waals surface area contributed by atoms with Crippen molar-refractivity contribution in [1.29, 1.82) is 0 Å². The van der Waals surface area contributed by atoms with E-state index < -0.39 is 5.41 Å². The van der Waals surface area contributed by atoms with E-state index in [9.17, 15) is 9.59 Å². The smallest absolute Gasteiger partial charge is 0.273 e. The summed E-state index contributed by atoms with van der Waals surface area (Å²) in [6, 6.07) is 18.0. The molecule has 0 atom stereocenters. The van der Waals surface area contributed by atoms with Gasteiger partial charge in [-0.05, 0) is 26.3 Å². The van der Waals surface area contributed by atoms with Crippen LogP contribution in [0.3, 0.4) is 0 Å². The van der Waals surface area contributed by atoms with E-state index in [1.54, 1.807) is 4.90 Å². The van der Waals surface area contributed by atoms with Gasteiger partial charge in [0.05, 0.1) is 5.41 Å². The molecule has 0 saturated carbocycles. The monoisotopic (exact) mass is 433 g/mol. The number of aryl methyl sites for hydroxylation is 1. The third-order valence-electron chi connectivity index (χ3n) is 5.91. The van der Waals surface area contributed by atoms with Crippen LogP contribution in [0.5, 0.6) is 0 Å². The second-order valence-corrected chi connectivity index (χ2v) is 9.34. The van der Waals surface area contributed by atoms with Gasteiger partial charge in [0.25, 0.3) is 5.91 Å². The van der Waals surface area contributed by atoms with Gasteiger partial charge in [0.2, 0.25) is 5.91 Å². The molecule has 0 unspecified atom stereocenters. The number of nitrogens with zero attached hydrogens (tertiary/aromatic N) is 3. The molecule has 2 amide bonds. The molecule has 2 aromatic carbocycles. The fourth-order valence-electron chi connectivity index (χ4n) is 3.85. The second kappa shape index (κ2) is 8.63. The Hall–Kier alpha value is -2.99. The summed E-state index contributed by atoms with van der Waals surface area (Å²) >= 11 is 1.48. The zero-order chi connectivity index (χ0) is 22.0. The lowest BCUT2D eigenvalue weighted by Crippen LogP contribution is -2.54. The van der Waals surface area contributed by atoms with Gasteiger partial charge in [0, 0.05) is 37.1 Å². The average molecular weight is 434 g/mol. The van der Waals surface area contributed by atoms with Crippen LogP contribution in [0.1, 0.15) is 35.5 Å². The molecule has 160 valence electrons. The summed E-state index contributed by atoms with van der Waals surface area (Å²) in [6.07, 6.45) is 0. The maximum Gasteiger partial charge on any atom is 0.273 e. The van der Waals surface area contributed by atoms with E-state index in [0.717, 1.165) is 16.1 Å². The Balaban J connectivity index is 1.39. The fourth-order valence-corrected chi connectivity index (χ4v) is 4.65. The summed E-state index contributed by atoms with van der Waals surface area (Å²) in [5, 5.41) is 2.68. The number of hydrogen-bond acceptors (Lipinski definition) is 4. The van der Waals surface area contributed by atoms with Crippen LogP contribution < -0.4 is 0 Å². The minimum absolute atomic E-state index is 0.0657. The SMILES string of the molecule is Cc1ccc(-c2nc(C(=O)N3CCN(C(=O)C(C)(C)c4ccccc4)CC3)cs2)cc1. The highest BCUT2D eigenvalue weighted by molar-refractivity contribution is 7.13. The number of piperazine rings is 1. The molecule has 1 aromatic heterocycles. The molecule has 0 N–H and O–H groups in total. The summed E-state index contributed by atoms with van der Waals surface area (Å²) in [5.41, 5.74) is 3.10. The number of thiazole rings is 1. The Morgan fingerprint density at radius 3 is 2.16 bits per heavy atom. The molecule has 6 heteroatoms. The van der Waals surface area contributed by atoms with Crippen molar-refractivity contribution in [2.24, 2.45) is 0 Å². The Labute approximate surface area is 187 Å². The van der Waals surface area contributed by atoms with Crippen molar-refractivity contribution >= 4 is 23.2 Å². The largest absolute Gasteiger partial charge is 0.338 e. The highest BCUT2D eigenvalue weighted by atomic mass is 32.1. The molecule has 31 heavy (non-hydrogen) atoms. The Bertz CT molecular complexity index is 1070. The molecule has 1 aliphatic heterocycles. The van der Waals surface area contributed by atoms with Gasteiger partial charge in [0.15, 0.2) is 0 Å². The first-order chi connectivity index (χ1) is 14.9. The number of carbonyl (C=O) groups is 2. The number of benzene rings is 2. The van der Waals surface area contributed by atoms with E-state index in [-0.39, 0.29) is 11.8 Å². The lowest BCUT2D eigenvalue weighted by molar-refractivity contribution is -0.137. The lowest BCUT2D eigenvalue weighted by atomic mass is 9.83. The number of aromatic nitrogens is 1. The number of amides is 2. The first kappa shape index (κ1) is 21.2. The zero-order valence-corrected chi connectivity index (χ0v) is 19.0. The van der Waals surface area contributed by atoms with Crippen LogP contribution >= 0.6 is 11.3 Å². The molecular formula is C25H27N3O2S.